The zero-order chi connectivity index (χ0) is 20.6. The molecule has 29 heavy (non-hydrogen) atoms. The molecule has 0 radical (unpaired) electrons. The van der Waals surface area contributed by atoms with Crippen LogP contribution in [-0.4, -0.2) is 19.0 Å². The zero-order valence-corrected chi connectivity index (χ0v) is 17.6. The Morgan fingerprint density at radius 1 is 0.759 bits per heavy atom. The second-order valence-corrected chi connectivity index (χ2v) is 7.35. The Balaban J connectivity index is 1.84. The summed E-state index contributed by atoms with van der Waals surface area (Å²) in [6.45, 7) is 7.44. The second kappa shape index (κ2) is 10.1. The van der Waals surface area contributed by atoms with E-state index in [1.54, 1.807) is 0 Å². The van der Waals surface area contributed by atoms with Gasteiger partial charge in [0.2, 0.25) is 0 Å². The maximum absolute atomic E-state index is 13.1. The van der Waals surface area contributed by atoms with Crippen LogP contribution < -0.4 is 9.47 Å². The highest BCUT2D eigenvalue weighted by Gasteiger charge is 2.26. The largest absolute Gasteiger partial charge is 0.494 e. The minimum Gasteiger partial charge on any atom is -0.494 e. The summed E-state index contributed by atoms with van der Waals surface area (Å²) in [6, 6.07) is 15.9. The molecule has 2 aromatic rings. The molecular formula is C26H30O3. The number of ketones is 1. The van der Waals surface area contributed by atoms with Crippen molar-refractivity contribution in [3.63, 3.8) is 0 Å². The summed E-state index contributed by atoms with van der Waals surface area (Å²) in [6.07, 6.45) is 6.80. The van der Waals surface area contributed by atoms with Gasteiger partial charge < -0.3 is 9.47 Å². The standard InChI is InChI=1S/C26H30O3/c1-4-19-15-22(17-20-7-11-24(12-8-20)28-5-2)26(27)23(16-19)18-21-9-13-25(14-10-21)29-6-3/h7-14,17-19H,4-6,15-16H2,1-3H3. The first kappa shape index (κ1) is 20.9. The van der Waals surface area contributed by atoms with Crippen molar-refractivity contribution in [1.82, 2.24) is 0 Å². The van der Waals surface area contributed by atoms with Crippen molar-refractivity contribution in [2.75, 3.05) is 13.2 Å². The first-order valence-electron chi connectivity index (χ1n) is 10.5. The van der Waals surface area contributed by atoms with E-state index < -0.39 is 0 Å². The molecule has 1 saturated carbocycles. The van der Waals surface area contributed by atoms with Gasteiger partial charge in [-0.05, 0) is 80.2 Å². The first-order valence-corrected chi connectivity index (χ1v) is 10.5. The van der Waals surface area contributed by atoms with Crippen LogP contribution in [0.15, 0.2) is 59.7 Å². The molecule has 0 heterocycles. The summed E-state index contributed by atoms with van der Waals surface area (Å²) in [5, 5.41) is 0. The van der Waals surface area contributed by atoms with Gasteiger partial charge in [0.15, 0.2) is 5.78 Å². The third-order valence-electron chi connectivity index (χ3n) is 5.24. The molecular weight excluding hydrogens is 360 g/mol. The average molecular weight is 391 g/mol. The Morgan fingerprint density at radius 3 is 1.52 bits per heavy atom. The molecule has 0 N–H and O–H groups in total. The van der Waals surface area contributed by atoms with Gasteiger partial charge in [0, 0.05) is 11.1 Å². The molecule has 2 aromatic carbocycles. The number of benzene rings is 2. The predicted molar refractivity (Wildman–Crippen MR) is 119 cm³/mol. The van der Waals surface area contributed by atoms with Crippen molar-refractivity contribution >= 4 is 17.9 Å². The van der Waals surface area contributed by atoms with Crippen LogP contribution in [-0.2, 0) is 4.79 Å². The monoisotopic (exact) mass is 390 g/mol. The fourth-order valence-corrected chi connectivity index (χ4v) is 3.68. The minimum absolute atomic E-state index is 0.164. The summed E-state index contributed by atoms with van der Waals surface area (Å²) >= 11 is 0. The quantitative estimate of drug-likeness (QED) is 0.518. The molecule has 1 aliphatic carbocycles. The first-order chi connectivity index (χ1) is 14.1. The smallest absolute Gasteiger partial charge is 0.185 e. The van der Waals surface area contributed by atoms with E-state index in [1.165, 1.54) is 0 Å². The summed E-state index contributed by atoms with van der Waals surface area (Å²) in [7, 11) is 0. The molecule has 0 spiro atoms. The molecule has 0 bridgehead atoms. The van der Waals surface area contributed by atoms with Gasteiger partial charge in [-0.1, -0.05) is 37.6 Å². The van der Waals surface area contributed by atoms with E-state index in [0.717, 1.165) is 53.0 Å². The number of carbonyl (C=O) groups excluding carboxylic acids is 1. The lowest BCUT2D eigenvalue weighted by molar-refractivity contribution is -0.113. The van der Waals surface area contributed by atoms with Crippen molar-refractivity contribution in [3.8, 4) is 11.5 Å². The highest BCUT2D eigenvalue weighted by atomic mass is 16.5. The lowest BCUT2D eigenvalue weighted by atomic mass is 9.78. The third kappa shape index (κ3) is 5.60. The van der Waals surface area contributed by atoms with Crippen molar-refractivity contribution < 1.29 is 14.3 Å². The molecule has 3 heteroatoms. The molecule has 1 fully saturated rings. The van der Waals surface area contributed by atoms with Crippen LogP contribution in [0, 0.1) is 5.92 Å². The van der Waals surface area contributed by atoms with Crippen molar-refractivity contribution in [2.45, 2.75) is 40.0 Å². The van der Waals surface area contributed by atoms with Gasteiger partial charge in [-0.2, -0.15) is 0 Å². The number of allylic oxidation sites excluding steroid dienone is 2. The van der Waals surface area contributed by atoms with Crippen LogP contribution in [0.4, 0.5) is 0 Å². The maximum Gasteiger partial charge on any atom is 0.185 e. The fourth-order valence-electron chi connectivity index (χ4n) is 3.68. The Labute approximate surface area is 174 Å². The van der Waals surface area contributed by atoms with Crippen LogP contribution in [0.5, 0.6) is 11.5 Å². The number of hydrogen-bond donors (Lipinski definition) is 0. The highest BCUT2D eigenvalue weighted by Crippen LogP contribution is 2.34. The van der Waals surface area contributed by atoms with Gasteiger partial charge in [-0.15, -0.1) is 0 Å². The SMILES string of the molecule is CCOc1ccc(C=C2CC(CC)CC(=Cc3ccc(OCC)cc3)C2=O)cc1. The van der Waals surface area contributed by atoms with Crippen molar-refractivity contribution in [1.29, 1.82) is 0 Å². The zero-order valence-electron chi connectivity index (χ0n) is 17.6. The van der Waals surface area contributed by atoms with Gasteiger partial charge in [-0.25, -0.2) is 0 Å². The van der Waals surface area contributed by atoms with Crippen LogP contribution in [0.25, 0.3) is 12.2 Å². The Kier molecular flexibility index (Phi) is 7.29. The molecule has 152 valence electrons. The molecule has 0 aromatic heterocycles. The van der Waals surface area contributed by atoms with Crippen molar-refractivity contribution in [3.05, 3.63) is 70.8 Å². The van der Waals surface area contributed by atoms with Gasteiger partial charge in [-0.3, -0.25) is 4.79 Å². The molecule has 3 nitrogen and oxygen atoms in total. The fraction of sp³-hybridized carbons (Fsp3) is 0.346. The van der Waals surface area contributed by atoms with Crippen LogP contribution in [0.2, 0.25) is 0 Å². The van der Waals surface area contributed by atoms with Gasteiger partial charge in [0.1, 0.15) is 11.5 Å². The van der Waals surface area contributed by atoms with E-state index in [0.29, 0.717) is 19.1 Å². The summed E-state index contributed by atoms with van der Waals surface area (Å²) in [5.41, 5.74) is 3.86. The van der Waals surface area contributed by atoms with E-state index in [9.17, 15) is 4.79 Å². The highest BCUT2D eigenvalue weighted by molar-refractivity contribution is 6.14. The molecule has 1 aliphatic rings. The van der Waals surface area contributed by atoms with Crippen LogP contribution >= 0.6 is 0 Å². The lowest BCUT2D eigenvalue weighted by Crippen LogP contribution is -2.19. The molecule has 0 amide bonds. The Morgan fingerprint density at radius 2 is 1.17 bits per heavy atom. The molecule has 0 saturated heterocycles. The summed E-state index contributed by atoms with van der Waals surface area (Å²) in [5.74, 6) is 2.37. The maximum atomic E-state index is 13.1. The minimum atomic E-state index is 0.164. The van der Waals surface area contributed by atoms with Crippen LogP contribution in [0.3, 0.4) is 0 Å². The van der Waals surface area contributed by atoms with E-state index in [4.69, 9.17) is 9.47 Å². The van der Waals surface area contributed by atoms with Crippen LogP contribution in [0.1, 0.15) is 51.2 Å². The topological polar surface area (TPSA) is 35.5 Å². The Bertz CT molecular complexity index is 802. The van der Waals surface area contributed by atoms with Crippen molar-refractivity contribution in [2.24, 2.45) is 5.92 Å². The van der Waals surface area contributed by atoms with E-state index in [-0.39, 0.29) is 5.78 Å². The molecule has 0 unspecified atom stereocenters. The van der Waals surface area contributed by atoms with E-state index in [2.05, 4.69) is 6.92 Å². The number of ether oxygens (including phenoxy) is 2. The second-order valence-electron chi connectivity index (χ2n) is 7.35. The third-order valence-corrected chi connectivity index (χ3v) is 5.24. The molecule has 0 atom stereocenters. The normalized spacial score (nSPS) is 19.6. The summed E-state index contributed by atoms with van der Waals surface area (Å²) < 4.78 is 11.0. The molecule has 0 aliphatic heterocycles. The number of carbonyl (C=O) groups is 1. The van der Waals surface area contributed by atoms with E-state index in [1.807, 2.05) is 74.5 Å². The lowest BCUT2D eigenvalue weighted by Gasteiger charge is -2.25. The van der Waals surface area contributed by atoms with Gasteiger partial charge in [0.25, 0.3) is 0 Å². The Hall–Kier alpha value is -2.81. The number of Topliss-reactive ketones (excluding diaryl/α,β-unsaturated/α-hetero) is 1. The molecule has 3 rings (SSSR count). The summed E-state index contributed by atoms with van der Waals surface area (Å²) in [4.78, 5) is 13.1. The number of hydrogen-bond acceptors (Lipinski definition) is 3. The number of rotatable bonds is 7. The predicted octanol–water partition coefficient (Wildman–Crippen LogP) is 6.34. The average Bonchev–Trinajstić information content (AvgIpc) is 2.74. The van der Waals surface area contributed by atoms with Gasteiger partial charge >= 0.3 is 0 Å². The van der Waals surface area contributed by atoms with E-state index >= 15 is 0 Å². The van der Waals surface area contributed by atoms with Gasteiger partial charge in [0.05, 0.1) is 13.2 Å².